The van der Waals surface area contributed by atoms with Crippen LogP contribution in [0.15, 0.2) is 6.33 Å². The SMILES string of the molecule is CC(C)C(NC(=O)N1CCn2cnnc2C1)C(=O)O. The van der Waals surface area contributed by atoms with Crippen molar-refractivity contribution in [1.29, 1.82) is 0 Å². The highest BCUT2D eigenvalue weighted by molar-refractivity contribution is 5.82. The monoisotopic (exact) mass is 267 g/mol. The molecule has 1 aliphatic rings. The number of carbonyl (C=O) groups is 2. The van der Waals surface area contributed by atoms with E-state index >= 15 is 0 Å². The minimum absolute atomic E-state index is 0.171. The van der Waals surface area contributed by atoms with Crippen LogP contribution in [0, 0.1) is 5.92 Å². The van der Waals surface area contributed by atoms with E-state index in [0.29, 0.717) is 25.5 Å². The first kappa shape index (κ1) is 13.3. The van der Waals surface area contributed by atoms with Crippen molar-refractivity contribution in [1.82, 2.24) is 25.0 Å². The summed E-state index contributed by atoms with van der Waals surface area (Å²) in [4.78, 5) is 24.6. The van der Waals surface area contributed by atoms with Crippen LogP contribution in [0.25, 0.3) is 0 Å². The lowest BCUT2D eigenvalue weighted by Crippen LogP contribution is -2.51. The number of hydrogen-bond acceptors (Lipinski definition) is 4. The van der Waals surface area contributed by atoms with Gasteiger partial charge in [0.05, 0.1) is 6.54 Å². The van der Waals surface area contributed by atoms with Gasteiger partial charge in [0.25, 0.3) is 0 Å². The Hall–Kier alpha value is -2.12. The van der Waals surface area contributed by atoms with E-state index in [1.165, 1.54) is 0 Å². The van der Waals surface area contributed by atoms with Crippen molar-refractivity contribution in [3.63, 3.8) is 0 Å². The molecule has 19 heavy (non-hydrogen) atoms. The standard InChI is InChI=1S/C11H17N5O3/c1-7(2)9(10(17)18)13-11(19)15-3-4-16-6-12-14-8(16)5-15/h6-7,9H,3-5H2,1-2H3,(H,13,19)(H,17,18). The molecule has 0 aliphatic carbocycles. The Morgan fingerprint density at radius 1 is 1.42 bits per heavy atom. The number of amides is 2. The summed E-state index contributed by atoms with van der Waals surface area (Å²) in [5.74, 6) is -0.490. The number of nitrogens with zero attached hydrogens (tertiary/aromatic N) is 4. The summed E-state index contributed by atoms with van der Waals surface area (Å²) in [6.07, 6.45) is 1.62. The fourth-order valence-electron chi connectivity index (χ4n) is 1.98. The Balaban J connectivity index is 2.00. The highest BCUT2D eigenvalue weighted by Crippen LogP contribution is 2.10. The van der Waals surface area contributed by atoms with Crippen LogP contribution in [0.4, 0.5) is 4.79 Å². The average molecular weight is 267 g/mol. The van der Waals surface area contributed by atoms with Gasteiger partial charge in [-0.3, -0.25) is 0 Å². The summed E-state index contributed by atoms with van der Waals surface area (Å²) < 4.78 is 1.88. The lowest BCUT2D eigenvalue weighted by molar-refractivity contribution is -0.140. The minimum atomic E-state index is -1.02. The van der Waals surface area contributed by atoms with Crippen LogP contribution in [0.5, 0.6) is 0 Å². The van der Waals surface area contributed by atoms with Gasteiger partial charge in [-0.15, -0.1) is 10.2 Å². The number of nitrogens with one attached hydrogen (secondary N) is 1. The largest absolute Gasteiger partial charge is 0.480 e. The molecule has 1 aromatic heterocycles. The van der Waals surface area contributed by atoms with Crippen LogP contribution in [-0.4, -0.2) is 49.4 Å². The highest BCUT2D eigenvalue weighted by atomic mass is 16.4. The molecule has 2 N–H and O–H groups in total. The third kappa shape index (κ3) is 2.83. The predicted molar refractivity (Wildman–Crippen MR) is 65.2 cm³/mol. The van der Waals surface area contributed by atoms with Gasteiger partial charge in [0.2, 0.25) is 0 Å². The Labute approximate surface area is 110 Å². The molecule has 0 bridgehead atoms. The average Bonchev–Trinajstić information content (AvgIpc) is 2.81. The van der Waals surface area contributed by atoms with Crippen molar-refractivity contribution < 1.29 is 14.7 Å². The third-order valence-corrected chi connectivity index (χ3v) is 3.14. The molecule has 0 spiro atoms. The second kappa shape index (κ2) is 5.25. The number of aromatic nitrogens is 3. The van der Waals surface area contributed by atoms with Crippen molar-refractivity contribution >= 4 is 12.0 Å². The summed E-state index contributed by atoms with van der Waals surface area (Å²) in [5, 5.41) is 19.3. The molecule has 0 saturated carbocycles. The maximum Gasteiger partial charge on any atom is 0.326 e. The van der Waals surface area contributed by atoms with E-state index in [9.17, 15) is 9.59 Å². The van der Waals surface area contributed by atoms with Crippen LogP contribution < -0.4 is 5.32 Å². The summed E-state index contributed by atoms with van der Waals surface area (Å²) in [6, 6.07) is -1.26. The Morgan fingerprint density at radius 3 is 2.79 bits per heavy atom. The normalized spacial score (nSPS) is 16.1. The second-order valence-corrected chi connectivity index (χ2v) is 4.87. The molecule has 2 amide bonds. The van der Waals surface area contributed by atoms with Gasteiger partial charge in [0, 0.05) is 13.1 Å². The molecular formula is C11H17N5O3. The van der Waals surface area contributed by atoms with Gasteiger partial charge in [-0.2, -0.15) is 0 Å². The molecule has 1 unspecified atom stereocenters. The number of rotatable bonds is 3. The van der Waals surface area contributed by atoms with Crippen molar-refractivity contribution in [2.24, 2.45) is 5.92 Å². The van der Waals surface area contributed by atoms with Crippen molar-refractivity contribution in [3.05, 3.63) is 12.2 Å². The number of carbonyl (C=O) groups excluding carboxylic acids is 1. The molecule has 2 rings (SSSR count). The van der Waals surface area contributed by atoms with Gasteiger partial charge in [-0.1, -0.05) is 13.8 Å². The minimum Gasteiger partial charge on any atom is -0.480 e. The first-order valence-electron chi connectivity index (χ1n) is 6.14. The molecule has 1 aliphatic heterocycles. The topological polar surface area (TPSA) is 100 Å². The predicted octanol–water partition coefficient (Wildman–Crippen LogP) is -0.0875. The zero-order valence-electron chi connectivity index (χ0n) is 10.9. The van der Waals surface area contributed by atoms with Gasteiger partial charge in [0.1, 0.15) is 12.4 Å². The summed E-state index contributed by atoms with van der Waals surface area (Å²) >= 11 is 0. The third-order valence-electron chi connectivity index (χ3n) is 3.14. The van der Waals surface area contributed by atoms with Gasteiger partial charge in [-0.25, -0.2) is 9.59 Å². The summed E-state index contributed by atoms with van der Waals surface area (Å²) in [7, 11) is 0. The Morgan fingerprint density at radius 2 is 2.16 bits per heavy atom. The quantitative estimate of drug-likeness (QED) is 0.797. The van der Waals surface area contributed by atoms with Crippen molar-refractivity contribution in [2.75, 3.05) is 6.54 Å². The molecule has 0 aromatic carbocycles. The Bertz CT molecular complexity index is 484. The molecule has 0 radical (unpaired) electrons. The van der Waals surface area contributed by atoms with Crippen LogP contribution in [0.1, 0.15) is 19.7 Å². The van der Waals surface area contributed by atoms with E-state index in [0.717, 1.165) is 0 Å². The van der Waals surface area contributed by atoms with E-state index in [1.54, 1.807) is 25.1 Å². The molecule has 0 fully saturated rings. The van der Waals surface area contributed by atoms with Gasteiger partial charge < -0.3 is 19.9 Å². The molecule has 104 valence electrons. The fraction of sp³-hybridized carbons (Fsp3) is 0.636. The maximum absolute atomic E-state index is 12.0. The van der Waals surface area contributed by atoms with Crippen LogP contribution in [0.3, 0.4) is 0 Å². The number of fused-ring (bicyclic) bond motifs is 1. The lowest BCUT2D eigenvalue weighted by Gasteiger charge is -2.29. The molecule has 1 atom stereocenters. The van der Waals surface area contributed by atoms with E-state index in [2.05, 4.69) is 15.5 Å². The molecular weight excluding hydrogens is 250 g/mol. The first-order valence-corrected chi connectivity index (χ1v) is 6.14. The summed E-state index contributed by atoms with van der Waals surface area (Å²) in [6.45, 7) is 4.99. The second-order valence-electron chi connectivity index (χ2n) is 4.87. The maximum atomic E-state index is 12.0. The fourth-order valence-corrected chi connectivity index (χ4v) is 1.98. The van der Waals surface area contributed by atoms with Gasteiger partial charge >= 0.3 is 12.0 Å². The number of urea groups is 1. The number of aliphatic carboxylic acids is 1. The van der Waals surface area contributed by atoms with E-state index in [1.807, 2.05) is 4.57 Å². The smallest absolute Gasteiger partial charge is 0.326 e. The van der Waals surface area contributed by atoms with Gasteiger partial charge in [-0.05, 0) is 5.92 Å². The lowest BCUT2D eigenvalue weighted by atomic mass is 10.1. The molecule has 8 nitrogen and oxygen atoms in total. The Kier molecular flexibility index (Phi) is 3.68. The molecule has 2 heterocycles. The number of carboxylic acids is 1. The molecule has 8 heteroatoms. The van der Waals surface area contributed by atoms with E-state index in [4.69, 9.17) is 5.11 Å². The van der Waals surface area contributed by atoms with Crippen LogP contribution in [0.2, 0.25) is 0 Å². The molecule has 0 saturated heterocycles. The van der Waals surface area contributed by atoms with Crippen LogP contribution in [-0.2, 0) is 17.9 Å². The van der Waals surface area contributed by atoms with Crippen molar-refractivity contribution in [3.8, 4) is 0 Å². The molecule has 1 aromatic rings. The van der Waals surface area contributed by atoms with E-state index in [-0.39, 0.29) is 11.9 Å². The van der Waals surface area contributed by atoms with Crippen molar-refractivity contribution in [2.45, 2.75) is 33.0 Å². The van der Waals surface area contributed by atoms with Gasteiger partial charge in [0.15, 0.2) is 5.82 Å². The zero-order chi connectivity index (χ0) is 14.0. The first-order chi connectivity index (χ1) is 8.99. The number of carboxylic acid groups (broad SMARTS) is 1. The highest BCUT2D eigenvalue weighted by Gasteiger charge is 2.28. The van der Waals surface area contributed by atoms with Crippen LogP contribution >= 0.6 is 0 Å². The van der Waals surface area contributed by atoms with E-state index < -0.39 is 12.0 Å². The number of hydrogen-bond donors (Lipinski definition) is 2. The summed E-state index contributed by atoms with van der Waals surface area (Å²) in [5.41, 5.74) is 0. The zero-order valence-corrected chi connectivity index (χ0v) is 10.9.